The van der Waals surface area contributed by atoms with Gasteiger partial charge in [0, 0.05) is 5.57 Å². The smallest absolute Gasteiger partial charge is 0.432 e. The van der Waals surface area contributed by atoms with E-state index in [1.165, 1.54) is 37.3 Å². The molecule has 13 heteroatoms. The van der Waals surface area contributed by atoms with Gasteiger partial charge in [-0.3, -0.25) is 4.55 Å². The van der Waals surface area contributed by atoms with Gasteiger partial charge in [0.1, 0.15) is 11.3 Å². The molecular formula is C18H13F5O7S. The Kier molecular flexibility index (Phi) is 6.43. The number of alkyl halides is 5. The number of fused-ring (bicyclic) bond motifs is 1. The minimum atomic E-state index is -6.62. The predicted molar refractivity (Wildman–Crippen MR) is 96.2 cm³/mol. The Bertz CT molecular complexity index is 1160. The molecule has 0 amide bonds. The molecular weight excluding hydrogens is 455 g/mol. The van der Waals surface area contributed by atoms with E-state index in [0.717, 1.165) is 6.07 Å². The summed E-state index contributed by atoms with van der Waals surface area (Å²) in [5, 5.41) is -5.83. The Morgan fingerprint density at radius 2 is 1.65 bits per heavy atom. The van der Waals surface area contributed by atoms with Crippen LogP contribution in [0.3, 0.4) is 0 Å². The van der Waals surface area contributed by atoms with Crippen LogP contribution in [0.5, 0.6) is 5.75 Å². The zero-order valence-corrected chi connectivity index (χ0v) is 16.3. The quantitative estimate of drug-likeness (QED) is 0.225. The van der Waals surface area contributed by atoms with Crippen LogP contribution in [0.2, 0.25) is 0 Å². The Balaban J connectivity index is 2.65. The number of halogens is 5. The highest BCUT2D eigenvalue weighted by Gasteiger charge is 2.66. The maximum absolute atomic E-state index is 13.8. The zero-order chi connectivity index (χ0) is 23.8. The van der Waals surface area contributed by atoms with Crippen LogP contribution in [0.15, 0.2) is 48.6 Å². The van der Waals surface area contributed by atoms with Gasteiger partial charge in [-0.05, 0) is 23.8 Å². The van der Waals surface area contributed by atoms with Crippen LogP contribution in [-0.2, 0) is 19.6 Å². The van der Waals surface area contributed by atoms with Gasteiger partial charge in [-0.2, -0.15) is 30.4 Å². The fraction of sp³-hybridized carbons (Fsp3) is 0.222. The van der Waals surface area contributed by atoms with Crippen molar-refractivity contribution in [3.8, 4) is 5.75 Å². The molecule has 168 valence electrons. The average Bonchev–Trinajstić information content (AvgIpc) is 2.63. The average molecular weight is 468 g/mol. The van der Waals surface area contributed by atoms with Crippen molar-refractivity contribution < 1.29 is 54.0 Å². The molecule has 2 rings (SSSR count). The van der Waals surface area contributed by atoms with Gasteiger partial charge in [0.15, 0.2) is 0 Å². The van der Waals surface area contributed by atoms with E-state index in [9.17, 15) is 40.0 Å². The van der Waals surface area contributed by atoms with Gasteiger partial charge in [-0.1, -0.05) is 36.9 Å². The van der Waals surface area contributed by atoms with E-state index in [0.29, 0.717) is 0 Å². The van der Waals surface area contributed by atoms with Crippen LogP contribution >= 0.6 is 0 Å². The third-order valence-electron chi connectivity index (χ3n) is 3.82. The summed E-state index contributed by atoms with van der Waals surface area (Å²) < 4.78 is 106. The number of carbonyl (C=O) groups excluding carboxylic acids is 2. The molecule has 0 aromatic heterocycles. The molecule has 0 aliphatic heterocycles. The monoisotopic (exact) mass is 468 g/mol. The topological polar surface area (TPSA) is 107 Å². The molecule has 1 N–H and O–H groups in total. The van der Waals surface area contributed by atoms with Crippen LogP contribution in [-0.4, -0.2) is 42.4 Å². The van der Waals surface area contributed by atoms with Gasteiger partial charge in [0.25, 0.3) is 6.10 Å². The maximum atomic E-state index is 13.8. The summed E-state index contributed by atoms with van der Waals surface area (Å²) in [6.45, 7) is 4.52. The molecule has 1 atom stereocenters. The van der Waals surface area contributed by atoms with Crippen molar-refractivity contribution in [2.75, 3.05) is 0 Å². The molecule has 0 aliphatic rings. The summed E-state index contributed by atoms with van der Waals surface area (Å²) in [5.41, 5.74) is -1.01. The standard InChI is InChI=1S/C18H13F5O7S/c1-9(2)14(24)29-12-8-7-10-5-3-4-6-11(10)13(12)15(25)30-16(17(19,20)21)18(22,23)31(26,27)28/h3-8,16H,1H2,2H3,(H,26,27,28). The Labute approximate surface area is 171 Å². The first-order valence-electron chi connectivity index (χ1n) is 8.09. The van der Waals surface area contributed by atoms with Gasteiger partial charge in [-0.15, -0.1) is 0 Å². The molecule has 0 heterocycles. The number of hydrogen-bond acceptors (Lipinski definition) is 6. The SMILES string of the molecule is C=C(C)C(=O)Oc1ccc2ccccc2c1C(=O)OC(C(F)(F)F)C(F)(F)S(=O)(=O)O. The molecule has 0 saturated carbocycles. The Hall–Kier alpha value is -3.06. The Morgan fingerprint density at radius 1 is 1.06 bits per heavy atom. The Morgan fingerprint density at radius 3 is 2.16 bits per heavy atom. The zero-order valence-electron chi connectivity index (χ0n) is 15.4. The number of benzene rings is 2. The van der Waals surface area contributed by atoms with E-state index in [4.69, 9.17) is 9.29 Å². The molecule has 0 radical (unpaired) electrons. The first-order valence-corrected chi connectivity index (χ1v) is 9.53. The van der Waals surface area contributed by atoms with Crippen molar-refractivity contribution in [2.45, 2.75) is 24.5 Å². The molecule has 0 spiro atoms. The largest absolute Gasteiger partial charge is 0.441 e. The number of esters is 2. The molecule has 31 heavy (non-hydrogen) atoms. The van der Waals surface area contributed by atoms with Gasteiger partial charge in [-0.25, -0.2) is 9.59 Å². The highest BCUT2D eigenvalue weighted by molar-refractivity contribution is 7.86. The normalized spacial score (nSPS) is 13.5. The molecule has 2 aromatic carbocycles. The summed E-state index contributed by atoms with van der Waals surface area (Å²) in [6.07, 6.45) is -10.6. The van der Waals surface area contributed by atoms with Crippen LogP contribution in [0.4, 0.5) is 22.0 Å². The lowest BCUT2D eigenvalue weighted by atomic mass is 10.0. The summed E-state index contributed by atoms with van der Waals surface area (Å²) in [5.74, 6) is -3.81. The maximum Gasteiger partial charge on any atom is 0.432 e. The lowest BCUT2D eigenvalue weighted by molar-refractivity contribution is -0.248. The first-order chi connectivity index (χ1) is 14.1. The first kappa shape index (κ1) is 24.2. The second kappa shape index (κ2) is 8.23. The fourth-order valence-electron chi connectivity index (χ4n) is 2.36. The molecule has 0 aliphatic carbocycles. The van der Waals surface area contributed by atoms with Crippen LogP contribution in [0, 0.1) is 0 Å². The molecule has 1 unspecified atom stereocenters. The molecule has 2 aromatic rings. The predicted octanol–water partition coefficient (Wildman–Crippen LogP) is 3.89. The van der Waals surface area contributed by atoms with Gasteiger partial charge < -0.3 is 9.47 Å². The van der Waals surface area contributed by atoms with Crippen LogP contribution in [0.1, 0.15) is 17.3 Å². The van der Waals surface area contributed by atoms with Crippen molar-refractivity contribution in [1.29, 1.82) is 0 Å². The number of hydrogen-bond donors (Lipinski definition) is 1. The molecule has 0 bridgehead atoms. The van der Waals surface area contributed by atoms with Crippen molar-refractivity contribution >= 4 is 32.8 Å². The fourth-order valence-corrected chi connectivity index (χ4v) is 2.81. The summed E-state index contributed by atoms with van der Waals surface area (Å²) in [6, 6.07) is 7.77. The highest BCUT2D eigenvalue weighted by Crippen LogP contribution is 2.39. The van der Waals surface area contributed by atoms with Crippen LogP contribution < -0.4 is 4.74 Å². The second-order valence-corrected chi connectivity index (χ2v) is 7.69. The molecule has 0 saturated heterocycles. The number of rotatable bonds is 6. The van der Waals surface area contributed by atoms with E-state index < -0.39 is 50.9 Å². The lowest BCUT2D eigenvalue weighted by Crippen LogP contribution is -2.52. The van der Waals surface area contributed by atoms with E-state index in [1.54, 1.807) is 0 Å². The van der Waals surface area contributed by atoms with Crippen molar-refractivity contribution in [2.24, 2.45) is 0 Å². The summed E-state index contributed by atoms with van der Waals surface area (Å²) >= 11 is 0. The number of ether oxygens (including phenoxy) is 2. The van der Waals surface area contributed by atoms with Crippen LogP contribution in [0.25, 0.3) is 10.8 Å². The van der Waals surface area contributed by atoms with E-state index in [2.05, 4.69) is 11.3 Å². The summed E-state index contributed by atoms with van der Waals surface area (Å²) in [7, 11) is -6.62. The third-order valence-corrected chi connectivity index (χ3v) is 4.72. The second-order valence-electron chi connectivity index (χ2n) is 6.19. The molecule has 0 fully saturated rings. The van der Waals surface area contributed by atoms with Gasteiger partial charge in [0.05, 0.1) is 0 Å². The van der Waals surface area contributed by atoms with E-state index >= 15 is 0 Å². The van der Waals surface area contributed by atoms with Gasteiger partial charge >= 0.3 is 33.5 Å². The summed E-state index contributed by atoms with van der Waals surface area (Å²) in [4.78, 5) is 24.3. The third kappa shape index (κ3) is 4.99. The van der Waals surface area contributed by atoms with E-state index in [1.807, 2.05) is 0 Å². The van der Waals surface area contributed by atoms with Gasteiger partial charge in [0.2, 0.25) is 0 Å². The minimum Gasteiger partial charge on any atom is -0.441 e. The molecule has 7 nitrogen and oxygen atoms in total. The van der Waals surface area contributed by atoms with Crippen molar-refractivity contribution in [3.63, 3.8) is 0 Å². The van der Waals surface area contributed by atoms with E-state index in [-0.39, 0.29) is 16.3 Å². The van der Waals surface area contributed by atoms with Crippen molar-refractivity contribution in [1.82, 2.24) is 0 Å². The minimum absolute atomic E-state index is 0.143. The highest BCUT2D eigenvalue weighted by atomic mass is 32.2. The van der Waals surface area contributed by atoms with Crippen molar-refractivity contribution in [3.05, 3.63) is 54.1 Å². The number of carbonyl (C=O) groups is 2. The lowest BCUT2D eigenvalue weighted by Gasteiger charge is -2.26.